The first-order chi connectivity index (χ1) is 8.69. The van der Waals surface area contributed by atoms with Crippen LogP contribution in [-0.4, -0.2) is 25.2 Å². The summed E-state index contributed by atoms with van der Waals surface area (Å²) in [4.78, 5) is 11.4. The van der Waals surface area contributed by atoms with Crippen molar-refractivity contribution in [3.63, 3.8) is 0 Å². The second kappa shape index (κ2) is 6.45. The molecule has 1 aromatic carbocycles. The highest BCUT2D eigenvalue weighted by molar-refractivity contribution is 6.36. The molecule has 0 fully saturated rings. The predicted molar refractivity (Wildman–Crippen MR) is 68.8 cm³/mol. The molecule has 8 heteroatoms. The lowest BCUT2D eigenvalue weighted by Crippen LogP contribution is -2.35. The monoisotopic (exact) mass is 314 g/mol. The number of carbonyl (C=O) groups is 1. The SMILES string of the molecule is Cc1cc(Cl)c(NC(=O)CNCC(F)(F)F)cc1Cl. The van der Waals surface area contributed by atoms with Crippen molar-refractivity contribution < 1.29 is 18.0 Å². The molecule has 3 nitrogen and oxygen atoms in total. The van der Waals surface area contributed by atoms with E-state index < -0.39 is 25.2 Å². The fourth-order valence-electron chi connectivity index (χ4n) is 1.25. The van der Waals surface area contributed by atoms with Crippen molar-refractivity contribution >= 4 is 34.8 Å². The first-order valence-electron chi connectivity index (χ1n) is 5.22. The third-order valence-electron chi connectivity index (χ3n) is 2.13. The van der Waals surface area contributed by atoms with Crippen molar-refractivity contribution in [2.75, 3.05) is 18.4 Å². The van der Waals surface area contributed by atoms with E-state index >= 15 is 0 Å². The van der Waals surface area contributed by atoms with Crippen molar-refractivity contribution in [1.29, 1.82) is 0 Å². The van der Waals surface area contributed by atoms with Gasteiger partial charge in [-0.1, -0.05) is 23.2 Å². The molecule has 1 rings (SSSR count). The lowest BCUT2D eigenvalue weighted by Gasteiger charge is -2.11. The summed E-state index contributed by atoms with van der Waals surface area (Å²) in [5.41, 5.74) is 0.996. The third kappa shape index (κ3) is 5.67. The van der Waals surface area contributed by atoms with Gasteiger partial charge in [0.15, 0.2) is 0 Å². The summed E-state index contributed by atoms with van der Waals surface area (Å²) in [6, 6.07) is 3.00. The van der Waals surface area contributed by atoms with Gasteiger partial charge in [0.25, 0.3) is 0 Å². The molecule has 0 heterocycles. The van der Waals surface area contributed by atoms with Crippen LogP contribution in [0.5, 0.6) is 0 Å². The van der Waals surface area contributed by atoms with E-state index in [2.05, 4.69) is 5.32 Å². The zero-order valence-electron chi connectivity index (χ0n) is 9.87. The first-order valence-corrected chi connectivity index (χ1v) is 5.97. The highest BCUT2D eigenvalue weighted by Gasteiger charge is 2.26. The van der Waals surface area contributed by atoms with Gasteiger partial charge in [-0.15, -0.1) is 0 Å². The fourth-order valence-corrected chi connectivity index (χ4v) is 1.68. The van der Waals surface area contributed by atoms with E-state index in [1.165, 1.54) is 6.07 Å². The molecule has 1 amide bonds. The summed E-state index contributed by atoms with van der Waals surface area (Å²) in [6.45, 7) is 0.0365. The molecule has 0 aromatic heterocycles. The Labute approximate surface area is 118 Å². The second-order valence-electron chi connectivity index (χ2n) is 3.85. The zero-order valence-corrected chi connectivity index (χ0v) is 11.4. The standard InChI is InChI=1S/C11H11Cl2F3N2O/c1-6-2-8(13)9(3-7(6)12)18-10(19)4-17-5-11(14,15)16/h2-3,17H,4-5H2,1H3,(H,18,19). The number of carbonyl (C=O) groups excluding carboxylic acids is 1. The zero-order chi connectivity index (χ0) is 14.6. The number of alkyl halides is 3. The van der Waals surface area contributed by atoms with Crippen LogP contribution in [0, 0.1) is 6.92 Å². The van der Waals surface area contributed by atoms with Crippen molar-refractivity contribution in [1.82, 2.24) is 5.32 Å². The van der Waals surface area contributed by atoms with Gasteiger partial charge >= 0.3 is 6.18 Å². The first kappa shape index (κ1) is 16.1. The van der Waals surface area contributed by atoms with E-state index in [1.54, 1.807) is 13.0 Å². The van der Waals surface area contributed by atoms with E-state index in [-0.39, 0.29) is 10.7 Å². The van der Waals surface area contributed by atoms with Gasteiger partial charge in [0.2, 0.25) is 5.91 Å². The van der Waals surface area contributed by atoms with Crippen LogP contribution < -0.4 is 10.6 Å². The van der Waals surface area contributed by atoms with Gasteiger partial charge in [0.1, 0.15) is 0 Å². The lowest BCUT2D eigenvalue weighted by atomic mass is 10.2. The molecular formula is C11H11Cl2F3N2O. The number of nitrogens with one attached hydrogen (secondary N) is 2. The van der Waals surface area contributed by atoms with Crippen LogP contribution in [0.2, 0.25) is 10.0 Å². The number of benzene rings is 1. The van der Waals surface area contributed by atoms with Gasteiger partial charge in [-0.25, -0.2) is 0 Å². The minimum absolute atomic E-state index is 0.260. The van der Waals surface area contributed by atoms with Gasteiger partial charge in [0, 0.05) is 5.02 Å². The van der Waals surface area contributed by atoms with Crippen LogP contribution in [0.3, 0.4) is 0 Å². The minimum atomic E-state index is -4.36. The average molecular weight is 315 g/mol. The number of aryl methyl sites for hydroxylation is 1. The highest BCUT2D eigenvalue weighted by atomic mass is 35.5. The number of rotatable bonds is 4. The van der Waals surface area contributed by atoms with Crippen LogP contribution in [0.4, 0.5) is 18.9 Å². The molecule has 0 bridgehead atoms. The van der Waals surface area contributed by atoms with Crippen molar-refractivity contribution in [2.24, 2.45) is 0 Å². The molecule has 1 aromatic rings. The van der Waals surface area contributed by atoms with Crippen LogP contribution in [0.25, 0.3) is 0 Å². The molecule has 0 atom stereocenters. The smallest absolute Gasteiger partial charge is 0.324 e. The number of hydrogen-bond donors (Lipinski definition) is 2. The van der Waals surface area contributed by atoms with Gasteiger partial charge < -0.3 is 10.6 Å². The molecular weight excluding hydrogens is 304 g/mol. The van der Waals surface area contributed by atoms with E-state index in [4.69, 9.17) is 23.2 Å². The third-order valence-corrected chi connectivity index (χ3v) is 2.85. The Bertz CT molecular complexity index is 478. The van der Waals surface area contributed by atoms with Gasteiger partial charge in [0.05, 0.1) is 23.8 Å². The molecule has 0 saturated heterocycles. The molecule has 0 aliphatic carbocycles. The van der Waals surface area contributed by atoms with E-state index in [9.17, 15) is 18.0 Å². The number of halogens is 5. The molecule has 19 heavy (non-hydrogen) atoms. The average Bonchev–Trinajstić information content (AvgIpc) is 2.24. The Morgan fingerprint density at radius 1 is 1.26 bits per heavy atom. The van der Waals surface area contributed by atoms with Crippen LogP contribution in [0.15, 0.2) is 12.1 Å². The molecule has 0 aliphatic heterocycles. The fraction of sp³-hybridized carbons (Fsp3) is 0.364. The Morgan fingerprint density at radius 3 is 2.47 bits per heavy atom. The van der Waals surface area contributed by atoms with Gasteiger partial charge in [-0.2, -0.15) is 13.2 Å². The Balaban J connectivity index is 2.56. The lowest BCUT2D eigenvalue weighted by molar-refractivity contribution is -0.126. The molecule has 0 unspecified atom stereocenters. The molecule has 0 aliphatic rings. The molecule has 106 valence electrons. The molecule has 0 spiro atoms. The maximum atomic E-state index is 11.9. The van der Waals surface area contributed by atoms with Gasteiger partial charge in [-0.05, 0) is 24.6 Å². The quantitative estimate of drug-likeness (QED) is 0.894. The summed E-state index contributed by atoms with van der Waals surface area (Å²) in [7, 11) is 0. The summed E-state index contributed by atoms with van der Waals surface area (Å²) in [5.74, 6) is -0.633. The molecule has 0 radical (unpaired) electrons. The summed E-state index contributed by atoms with van der Waals surface area (Å²) >= 11 is 11.7. The van der Waals surface area contributed by atoms with Gasteiger partial charge in [-0.3, -0.25) is 4.79 Å². The summed E-state index contributed by atoms with van der Waals surface area (Å²) in [6.07, 6.45) is -4.36. The van der Waals surface area contributed by atoms with Crippen LogP contribution in [-0.2, 0) is 4.79 Å². The number of anilines is 1. The molecule has 0 saturated carbocycles. The van der Waals surface area contributed by atoms with Crippen molar-refractivity contribution in [3.05, 3.63) is 27.7 Å². The number of amides is 1. The number of hydrogen-bond acceptors (Lipinski definition) is 2. The predicted octanol–water partition coefficient (Wildman–Crippen LogP) is 3.39. The van der Waals surface area contributed by atoms with E-state index in [0.29, 0.717) is 5.02 Å². The van der Waals surface area contributed by atoms with E-state index in [1.807, 2.05) is 5.32 Å². The highest BCUT2D eigenvalue weighted by Crippen LogP contribution is 2.28. The Morgan fingerprint density at radius 2 is 1.89 bits per heavy atom. The van der Waals surface area contributed by atoms with Crippen molar-refractivity contribution in [2.45, 2.75) is 13.1 Å². The van der Waals surface area contributed by atoms with Crippen molar-refractivity contribution in [3.8, 4) is 0 Å². The summed E-state index contributed by atoms with van der Waals surface area (Å²) < 4.78 is 35.6. The topological polar surface area (TPSA) is 41.1 Å². The molecule has 2 N–H and O–H groups in total. The normalized spacial score (nSPS) is 11.5. The Kier molecular flexibility index (Phi) is 5.46. The minimum Gasteiger partial charge on any atom is -0.324 e. The summed E-state index contributed by atoms with van der Waals surface area (Å²) in [5, 5.41) is 5.03. The maximum absolute atomic E-state index is 11.9. The van der Waals surface area contributed by atoms with Crippen LogP contribution in [0.1, 0.15) is 5.56 Å². The largest absolute Gasteiger partial charge is 0.401 e. The maximum Gasteiger partial charge on any atom is 0.401 e. The van der Waals surface area contributed by atoms with E-state index in [0.717, 1.165) is 5.56 Å². The second-order valence-corrected chi connectivity index (χ2v) is 4.66. The van der Waals surface area contributed by atoms with Crippen LogP contribution >= 0.6 is 23.2 Å². The Hall–Kier alpha value is -0.980.